The maximum absolute atomic E-state index is 5.84. The van der Waals surface area contributed by atoms with Gasteiger partial charge in [0.25, 0.3) is 0 Å². The Morgan fingerprint density at radius 1 is 0.938 bits per heavy atom. The average molecular weight is 228 g/mol. The van der Waals surface area contributed by atoms with Crippen LogP contribution in [0.15, 0.2) is 0 Å². The summed E-state index contributed by atoms with van der Waals surface area (Å²) in [6.45, 7) is 6.53. The molecule has 0 saturated heterocycles. The van der Waals surface area contributed by atoms with Gasteiger partial charge < -0.3 is 10.6 Å². The molecule has 2 heteroatoms. The molecule has 0 spiro atoms. The Labute approximate surface area is 103 Å². The van der Waals surface area contributed by atoms with E-state index in [-0.39, 0.29) is 0 Å². The fraction of sp³-hybridized carbons (Fsp3) is 1.00. The smallest absolute Gasteiger partial charge is 0.0215 e. The molecule has 0 radical (unpaired) electrons. The van der Waals surface area contributed by atoms with Gasteiger partial charge in [-0.25, -0.2) is 0 Å². The summed E-state index contributed by atoms with van der Waals surface area (Å²) in [5.41, 5.74) is 5.84. The van der Waals surface area contributed by atoms with Crippen LogP contribution in [0.25, 0.3) is 0 Å². The van der Waals surface area contributed by atoms with Gasteiger partial charge in [0, 0.05) is 12.6 Å². The minimum absolute atomic E-state index is 0.605. The van der Waals surface area contributed by atoms with E-state index >= 15 is 0 Å². The van der Waals surface area contributed by atoms with Crippen molar-refractivity contribution in [1.82, 2.24) is 4.90 Å². The second-order valence-corrected chi connectivity index (χ2v) is 4.93. The van der Waals surface area contributed by atoms with Crippen molar-refractivity contribution in [1.29, 1.82) is 0 Å². The lowest BCUT2D eigenvalue weighted by Gasteiger charge is -2.26. The number of hydrogen-bond acceptors (Lipinski definition) is 2. The molecule has 1 atom stereocenters. The van der Waals surface area contributed by atoms with E-state index in [1.54, 1.807) is 0 Å². The Hall–Kier alpha value is -0.0800. The third kappa shape index (κ3) is 8.12. The standard InChI is InChI=1S/C14H32N2/c1-4-6-8-9-10-11-14(13-15)16(3)12-7-5-2/h14H,4-13,15H2,1-3H3. The van der Waals surface area contributed by atoms with E-state index < -0.39 is 0 Å². The summed E-state index contributed by atoms with van der Waals surface area (Å²) in [4.78, 5) is 2.45. The van der Waals surface area contributed by atoms with Crippen LogP contribution in [-0.2, 0) is 0 Å². The zero-order valence-corrected chi connectivity index (χ0v) is 11.7. The van der Waals surface area contributed by atoms with E-state index in [1.165, 1.54) is 57.9 Å². The van der Waals surface area contributed by atoms with Crippen molar-refractivity contribution in [3.63, 3.8) is 0 Å². The SMILES string of the molecule is CCCCCCCC(CN)N(C)CCCC. The van der Waals surface area contributed by atoms with Gasteiger partial charge in [0.15, 0.2) is 0 Å². The van der Waals surface area contributed by atoms with Crippen molar-refractivity contribution < 1.29 is 0 Å². The van der Waals surface area contributed by atoms with Crippen LogP contribution in [0.1, 0.15) is 65.2 Å². The Morgan fingerprint density at radius 3 is 2.12 bits per heavy atom. The maximum Gasteiger partial charge on any atom is 0.0215 e. The van der Waals surface area contributed by atoms with E-state index in [0.29, 0.717) is 6.04 Å². The summed E-state index contributed by atoms with van der Waals surface area (Å²) >= 11 is 0. The highest BCUT2D eigenvalue weighted by Crippen LogP contribution is 2.10. The molecule has 0 fully saturated rings. The Bertz CT molecular complexity index is 137. The first-order valence-corrected chi connectivity index (χ1v) is 7.16. The zero-order valence-electron chi connectivity index (χ0n) is 11.7. The first kappa shape index (κ1) is 15.9. The van der Waals surface area contributed by atoms with Gasteiger partial charge in [0.05, 0.1) is 0 Å². The van der Waals surface area contributed by atoms with E-state index in [0.717, 1.165) is 6.54 Å². The van der Waals surface area contributed by atoms with Crippen LogP contribution < -0.4 is 5.73 Å². The first-order chi connectivity index (χ1) is 7.76. The largest absolute Gasteiger partial charge is 0.329 e. The summed E-state index contributed by atoms with van der Waals surface area (Å²) in [5.74, 6) is 0. The van der Waals surface area contributed by atoms with Gasteiger partial charge in [-0.15, -0.1) is 0 Å². The van der Waals surface area contributed by atoms with Gasteiger partial charge in [0.1, 0.15) is 0 Å². The van der Waals surface area contributed by atoms with E-state index in [9.17, 15) is 0 Å². The minimum Gasteiger partial charge on any atom is -0.329 e. The third-order valence-corrected chi connectivity index (χ3v) is 3.40. The molecule has 0 amide bonds. The fourth-order valence-electron chi connectivity index (χ4n) is 2.09. The van der Waals surface area contributed by atoms with Crippen molar-refractivity contribution in [2.24, 2.45) is 5.73 Å². The normalized spacial score (nSPS) is 13.3. The first-order valence-electron chi connectivity index (χ1n) is 7.16. The number of nitrogens with zero attached hydrogens (tertiary/aromatic N) is 1. The molecule has 0 aliphatic rings. The summed E-state index contributed by atoms with van der Waals surface area (Å²) < 4.78 is 0. The van der Waals surface area contributed by atoms with E-state index in [2.05, 4.69) is 25.8 Å². The second kappa shape index (κ2) is 11.4. The minimum atomic E-state index is 0.605. The van der Waals surface area contributed by atoms with Crippen LogP contribution in [0.2, 0.25) is 0 Å². The Kier molecular flexibility index (Phi) is 11.3. The predicted octanol–water partition coefficient (Wildman–Crippen LogP) is 3.41. The monoisotopic (exact) mass is 228 g/mol. The third-order valence-electron chi connectivity index (χ3n) is 3.40. The molecule has 0 aromatic rings. The topological polar surface area (TPSA) is 29.3 Å². The number of likely N-dealkylation sites (N-methyl/N-ethyl adjacent to an activating group) is 1. The van der Waals surface area contributed by atoms with Crippen molar-refractivity contribution in [2.45, 2.75) is 71.3 Å². The van der Waals surface area contributed by atoms with Gasteiger partial charge in [0.2, 0.25) is 0 Å². The highest BCUT2D eigenvalue weighted by molar-refractivity contribution is 4.69. The molecule has 2 nitrogen and oxygen atoms in total. The van der Waals surface area contributed by atoms with Crippen LogP contribution in [0.4, 0.5) is 0 Å². The van der Waals surface area contributed by atoms with Gasteiger partial charge in [-0.3, -0.25) is 0 Å². The van der Waals surface area contributed by atoms with Gasteiger partial charge in [-0.2, -0.15) is 0 Å². The number of unbranched alkanes of at least 4 members (excludes halogenated alkanes) is 5. The lowest BCUT2D eigenvalue weighted by Crippen LogP contribution is -2.38. The molecule has 0 saturated carbocycles. The van der Waals surface area contributed by atoms with Crippen LogP contribution in [0.5, 0.6) is 0 Å². The average Bonchev–Trinajstić information content (AvgIpc) is 2.31. The number of rotatable bonds is 11. The number of hydrogen-bond donors (Lipinski definition) is 1. The molecule has 0 aromatic heterocycles. The lowest BCUT2D eigenvalue weighted by molar-refractivity contribution is 0.227. The molecule has 0 aliphatic carbocycles. The highest BCUT2D eigenvalue weighted by Gasteiger charge is 2.11. The summed E-state index contributed by atoms with van der Waals surface area (Å²) in [6, 6.07) is 0.605. The van der Waals surface area contributed by atoms with Crippen molar-refractivity contribution >= 4 is 0 Å². The molecule has 0 bridgehead atoms. The molecule has 0 aromatic carbocycles. The highest BCUT2D eigenvalue weighted by atomic mass is 15.1. The lowest BCUT2D eigenvalue weighted by atomic mass is 10.1. The molecule has 0 rings (SSSR count). The van der Waals surface area contributed by atoms with Gasteiger partial charge >= 0.3 is 0 Å². The summed E-state index contributed by atoms with van der Waals surface area (Å²) in [5, 5.41) is 0. The molecule has 16 heavy (non-hydrogen) atoms. The van der Waals surface area contributed by atoms with Crippen molar-refractivity contribution in [3.05, 3.63) is 0 Å². The molecular formula is C14H32N2. The van der Waals surface area contributed by atoms with Gasteiger partial charge in [-0.05, 0) is 26.4 Å². The fourth-order valence-corrected chi connectivity index (χ4v) is 2.09. The maximum atomic E-state index is 5.84. The van der Waals surface area contributed by atoms with E-state index in [1.807, 2.05) is 0 Å². The molecule has 0 heterocycles. The van der Waals surface area contributed by atoms with Crippen molar-refractivity contribution in [2.75, 3.05) is 20.1 Å². The molecular weight excluding hydrogens is 196 g/mol. The van der Waals surface area contributed by atoms with Crippen LogP contribution in [-0.4, -0.2) is 31.1 Å². The molecule has 2 N–H and O–H groups in total. The zero-order chi connectivity index (χ0) is 12.2. The van der Waals surface area contributed by atoms with Crippen LogP contribution in [0, 0.1) is 0 Å². The Balaban J connectivity index is 3.56. The summed E-state index contributed by atoms with van der Waals surface area (Å²) in [6.07, 6.45) is 10.7. The van der Waals surface area contributed by atoms with Crippen LogP contribution >= 0.6 is 0 Å². The van der Waals surface area contributed by atoms with Crippen LogP contribution in [0.3, 0.4) is 0 Å². The Morgan fingerprint density at radius 2 is 1.56 bits per heavy atom. The number of nitrogens with two attached hydrogens (primary N) is 1. The molecule has 98 valence electrons. The quantitative estimate of drug-likeness (QED) is 0.549. The predicted molar refractivity (Wildman–Crippen MR) is 73.8 cm³/mol. The molecule has 0 aliphatic heterocycles. The molecule has 1 unspecified atom stereocenters. The van der Waals surface area contributed by atoms with Crippen molar-refractivity contribution in [3.8, 4) is 0 Å². The van der Waals surface area contributed by atoms with E-state index in [4.69, 9.17) is 5.73 Å². The van der Waals surface area contributed by atoms with Gasteiger partial charge in [-0.1, -0.05) is 52.4 Å². The summed E-state index contributed by atoms with van der Waals surface area (Å²) in [7, 11) is 2.22. The second-order valence-electron chi connectivity index (χ2n) is 4.93.